The maximum absolute atomic E-state index is 12.1. The molecule has 0 heterocycles. The molecule has 6 heteroatoms. The van der Waals surface area contributed by atoms with Crippen molar-refractivity contribution < 1.29 is 19.5 Å². The number of carbonyl (C=O) groups is 2. The zero-order valence-corrected chi connectivity index (χ0v) is 15.7. The van der Waals surface area contributed by atoms with Crippen LogP contribution in [0.3, 0.4) is 0 Å². The fourth-order valence-electron chi connectivity index (χ4n) is 3.09. The van der Waals surface area contributed by atoms with E-state index in [-0.39, 0.29) is 18.1 Å². The van der Waals surface area contributed by atoms with Gasteiger partial charge < -0.3 is 4.74 Å². The van der Waals surface area contributed by atoms with E-state index in [1.165, 1.54) is 23.3 Å². The van der Waals surface area contributed by atoms with Crippen molar-refractivity contribution in [2.45, 2.75) is 12.3 Å². The summed E-state index contributed by atoms with van der Waals surface area (Å²) in [4.78, 5) is 23.4. The van der Waals surface area contributed by atoms with Gasteiger partial charge in [0.05, 0.1) is 6.61 Å². The quantitative estimate of drug-likeness (QED) is 0.407. The molecule has 0 atom stereocenters. The number of anilines is 1. The molecule has 3 aromatic rings. The monoisotopic (exact) mass is 390 g/mol. The van der Waals surface area contributed by atoms with Crippen LogP contribution in [-0.2, 0) is 4.74 Å². The fraction of sp³-hybridized carbons (Fsp3) is 0.130. The highest BCUT2D eigenvalue weighted by molar-refractivity contribution is 5.94. The summed E-state index contributed by atoms with van der Waals surface area (Å²) in [6.45, 7) is 0.255. The third-order valence-electron chi connectivity index (χ3n) is 4.54. The molecule has 0 saturated heterocycles. The van der Waals surface area contributed by atoms with Crippen molar-refractivity contribution in [3.05, 3.63) is 102 Å². The first-order valence-electron chi connectivity index (χ1n) is 9.25. The largest absolute Gasteiger partial charge is 0.449 e. The summed E-state index contributed by atoms with van der Waals surface area (Å²) in [5.74, 6) is -0.492. The minimum atomic E-state index is -0.619. The van der Waals surface area contributed by atoms with Crippen molar-refractivity contribution in [3.8, 4) is 0 Å². The van der Waals surface area contributed by atoms with E-state index >= 15 is 0 Å². The number of ether oxygens (including phenoxy) is 1. The highest BCUT2D eigenvalue weighted by Gasteiger charge is 2.15. The van der Waals surface area contributed by atoms with Gasteiger partial charge in [-0.15, -0.1) is 0 Å². The van der Waals surface area contributed by atoms with E-state index in [0.29, 0.717) is 12.1 Å². The van der Waals surface area contributed by atoms with Crippen molar-refractivity contribution in [2.24, 2.45) is 0 Å². The lowest BCUT2D eigenvalue weighted by molar-refractivity contribution is 0.0706. The van der Waals surface area contributed by atoms with Crippen molar-refractivity contribution in [1.82, 2.24) is 5.48 Å². The predicted octanol–water partition coefficient (Wildman–Crippen LogP) is 4.58. The Morgan fingerprint density at radius 1 is 0.828 bits per heavy atom. The van der Waals surface area contributed by atoms with Crippen LogP contribution in [0.4, 0.5) is 10.5 Å². The molecule has 3 aromatic carbocycles. The molecule has 0 fully saturated rings. The summed E-state index contributed by atoms with van der Waals surface area (Å²) in [5, 5.41) is 11.2. The maximum atomic E-state index is 12.1. The van der Waals surface area contributed by atoms with E-state index < -0.39 is 12.0 Å². The van der Waals surface area contributed by atoms with E-state index in [2.05, 4.69) is 29.6 Å². The Hall–Kier alpha value is -3.64. The number of hydrogen-bond acceptors (Lipinski definition) is 4. The van der Waals surface area contributed by atoms with E-state index in [0.717, 1.165) is 0 Å². The number of amides is 2. The van der Waals surface area contributed by atoms with E-state index in [1.54, 1.807) is 17.6 Å². The van der Waals surface area contributed by atoms with Gasteiger partial charge in [0.1, 0.15) is 0 Å². The lowest BCUT2D eigenvalue weighted by Gasteiger charge is -2.18. The number of carbonyl (C=O) groups excluding carboxylic acids is 2. The summed E-state index contributed by atoms with van der Waals surface area (Å²) >= 11 is 0. The minimum Gasteiger partial charge on any atom is -0.449 e. The number of hydrogen-bond donors (Lipinski definition) is 3. The predicted molar refractivity (Wildman–Crippen MR) is 110 cm³/mol. The van der Waals surface area contributed by atoms with Crippen LogP contribution in [0.2, 0.25) is 0 Å². The van der Waals surface area contributed by atoms with Gasteiger partial charge in [-0.3, -0.25) is 15.3 Å². The number of hydroxylamine groups is 1. The van der Waals surface area contributed by atoms with E-state index in [1.807, 2.05) is 36.4 Å². The molecular weight excluding hydrogens is 368 g/mol. The lowest BCUT2D eigenvalue weighted by atomic mass is 9.89. The maximum Gasteiger partial charge on any atom is 0.411 e. The smallest absolute Gasteiger partial charge is 0.411 e. The van der Waals surface area contributed by atoms with Gasteiger partial charge in [-0.1, -0.05) is 60.7 Å². The number of rotatable bonds is 7. The molecule has 0 aliphatic carbocycles. The van der Waals surface area contributed by atoms with Gasteiger partial charge in [-0.05, 0) is 41.8 Å². The molecule has 29 heavy (non-hydrogen) atoms. The highest BCUT2D eigenvalue weighted by atomic mass is 16.5. The second-order valence-corrected chi connectivity index (χ2v) is 6.44. The lowest BCUT2D eigenvalue weighted by Crippen LogP contribution is -2.19. The van der Waals surface area contributed by atoms with Crippen LogP contribution in [0.15, 0.2) is 84.9 Å². The van der Waals surface area contributed by atoms with Gasteiger partial charge >= 0.3 is 6.09 Å². The van der Waals surface area contributed by atoms with Gasteiger partial charge in [-0.25, -0.2) is 10.3 Å². The van der Waals surface area contributed by atoms with Crippen molar-refractivity contribution >= 4 is 17.7 Å². The van der Waals surface area contributed by atoms with Crippen molar-refractivity contribution in [3.63, 3.8) is 0 Å². The van der Waals surface area contributed by atoms with Crippen LogP contribution < -0.4 is 10.8 Å². The molecular formula is C23H22N2O4. The molecule has 3 rings (SSSR count). The summed E-state index contributed by atoms with van der Waals surface area (Å²) < 4.78 is 5.35. The molecule has 6 nitrogen and oxygen atoms in total. The third kappa shape index (κ3) is 5.67. The van der Waals surface area contributed by atoms with E-state index in [4.69, 9.17) is 9.94 Å². The Morgan fingerprint density at radius 3 is 1.90 bits per heavy atom. The van der Waals surface area contributed by atoms with Crippen molar-refractivity contribution in [2.75, 3.05) is 11.9 Å². The second kappa shape index (κ2) is 10.1. The Kier molecular flexibility index (Phi) is 6.97. The van der Waals surface area contributed by atoms with Gasteiger partial charge in [-0.2, -0.15) is 0 Å². The summed E-state index contributed by atoms with van der Waals surface area (Å²) in [7, 11) is 0. The van der Waals surface area contributed by atoms with Crippen LogP contribution in [0.5, 0.6) is 0 Å². The second-order valence-electron chi connectivity index (χ2n) is 6.44. The van der Waals surface area contributed by atoms with Crippen LogP contribution in [0.25, 0.3) is 0 Å². The Bertz CT molecular complexity index is 889. The number of benzene rings is 3. The van der Waals surface area contributed by atoms with Gasteiger partial charge in [0, 0.05) is 17.2 Å². The minimum absolute atomic E-state index is 0.126. The molecule has 0 bridgehead atoms. The zero-order chi connectivity index (χ0) is 20.5. The molecule has 0 unspecified atom stereocenters. The Morgan fingerprint density at radius 2 is 1.38 bits per heavy atom. The molecule has 0 radical (unpaired) electrons. The van der Waals surface area contributed by atoms with Gasteiger partial charge in [0.2, 0.25) is 0 Å². The SMILES string of the molecule is O=C(Nc1ccc(C(=O)NO)cc1)OCCC(c1ccccc1)c1ccccc1. The summed E-state index contributed by atoms with van der Waals surface area (Å²) in [6.07, 6.45) is 0.0843. The highest BCUT2D eigenvalue weighted by Crippen LogP contribution is 2.27. The Balaban J connectivity index is 1.57. The Labute approximate surface area is 169 Å². The van der Waals surface area contributed by atoms with Gasteiger partial charge in [0.25, 0.3) is 5.91 Å². The molecule has 0 aliphatic heterocycles. The van der Waals surface area contributed by atoms with E-state index in [9.17, 15) is 9.59 Å². The zero-order valence-electron chi connectivity index (χ0n) is 15.7. The van der Waals surface area contributed by atoms with Crippen LogP contribution in [0.1, 0.15) is 33.8 Å². The average Bonchev–Trinajstić information content (AvgIpc) is 2.78. The normalized spacial score (nSPS) is 10.4. The first-order chi connectivity index (χ1) is 14.2. The number of nitrogens with one attached hydrogen (secondary N) is 2. The topological polar surface area (TPSA) is 87.7 Å². The first-order valence-corrected chi connectivity index (χ1v) is 9.25. The molecule has 3 N–H and O–H groups in total. The van der Waals surface area contributed by atoms with Crippen LogP contribution >= 0.6 is 0 Å². The first kappa shape index (κ1) is 20.1. The molecule has 2 amide bonds. The van der Waals surface area contributed by atoms with Gasteiger partial charge in [0.15, 0.2) is 0 Å². The molecule has 0 spiro atoms. The molecule has 0 saturated carbocycles. The molecule has 0 aliphatic rings. The average molecular weight is 390 g/mol. The third-order valence-corrected chi connectivity index (χ3v) is 4.54. The van der Waals surface area contributed by atoms with Crippen LogP contribution in [0, 0.1) is 0 Å². The van der Waals surface area contributed by atoms with Crippen LogP contribution in [-0.4, -0.2) is 23.8 Å². The molecule has 0 aromatic heterocycles. The summed E-state index contributed by atoms with van der Waals surface area (Å²) in [6, 6.07) is 26.3. The summed E-state index contributed by atoms with van der Waals surface area (Å²) in [5.41, 5.74) is 4.66. The molecule has 148 valence electrons. The fourth-order valence-corrected chi connectivity index (χ4v) is 3.09. The standard InChI is InChI=1S/C23H22N2O4/c26-22(25-28)19-11-13-20(14-12-19)24-23(27)29-16-15-21(17-7-3-1-4-8-17)18-9-5-2-6-10-18/h1-14,21,28H,15-16H2,(H,24,27)(H,25,26). The van der Waals surface area contributed by atoms with Crippen molar-refractivity contribution in [1.29, 1.82) is 0 Å².